The number of hydrogen-bond donors (Lipinski definition) is 3. The highest BCUT2D eigenvalue weighted by Crippen LogP contribution is 2.31. The summed E-state index contributed by atoms with van der Waals surface area (Å²) in [4.78, 5) is 12.6. The zero-order valence-electron chi connectivity index (χ0n) is 12.9. The van der Waals surface area contributed by atoms with Gasteiger partial charge in [-0.05, 0) is 43.2 Å². The topological polar surface area (TPSA) is 53.2 Å². The Morgan fingerprint density at radius 2 is 2.00 bits per heavy atom. The van der Waals surface area contributed by atoms with Gasteiger partial charge in [0.1, 0.15) is 0 Å². The Morgan fingerprint density at radius 3 is 2.81 bits per heavy atom. The van der Waals surface area contributed by atoms with Gasteiger partial charge in [-0.3, -0.25) is 4.79 Å². The van der Waals surface area contributed by atoms with Gasteiger partial charge < -0.3 is 16.0 Å². The molecule has 1 fully saturated rings. The number of amides is 1. The van der Waals surface area contributed by atoms with Gasteiger partial charge in [-0.25, -0.2) is 0 Å². The Bertz CT molecular complexity index is 529. The lowest BCUT2D eigenvalue weighted by molar-refractivity contribution is 0.0900. The minimum absolute atomic E-state index is 0.0504. The SMILES string of the molecule is CC1CCC(NC(=O)c2cccc3c2NCCN3)C(C)C1. The van der Waals surface area contributed by atoms with Crippen LogP contribution in [-0.4, -0.2) is 25.0 Å². The molecule has 21 heavy (non-hydrogen) atoms. The summed E-state index contributed by atoms with van der Waals surface area (Å²) in [5.41, 5.74) is 2.72. The van der Waals surface area contributed by atoms with Crippen LogP contribution in [0.25, 0.3) is 0 Å². The number of para-hydroxylation sites is 1. The molecular formula is C17H25N3O. The van der Waals surface area contributed by atoms with Crippen LogP contribution in [0.3, 0.4) is 0 Å². The molecule has 1 aromatic rings. The van der Waals surface area contributed by atoms with E-state index in [1.54, 1.807) is 0 Å². The highest BCUT2D eigenvalue weighted by molar-refractivity contribution is 6.03. The quantitative estimate of drug-likeness (QED) is 0.783. The van der Waals surface area contributed by atoms with E-state index in [1.807, 2.05) is 18.2 Å². The molecule has 0 aromatic heterocycles. The predicted octanol–water partition coefficient (Wildman–Crippen LogP) is 3.08. The summed E-state index contributed by atoms with van der Waals surface area (Å²) in [5.74, 6) is 1.39. The second-order valence-electron chi connectivity index (χ2n) is 6.56. The van der Waals surface area contributed by atoms with E-state index in [2.05, 4.69) is 29.8 Å². The molecule has 1 aliphatic carbocycles. The Hall–Kier alpha value is -1.71. The summed E-state index contributed by atoms with van der Waals surface area (Å²) < 4.78 is 0. The van der Waals surface area contributed by atoms with Crippen molar-refractivity contribution in [3.63, 3.8) is 0 Å². The highest BCUT2D eigenvalue weighted by atomic mass is 16.1. The first-order chi connectivity index (χ1) is 10.1. The molecule has 4 nitrogen and oxygen atoms in total. The van der Waals surface area contributed by atoms with Crippen molar-refractivity contribution >= 4 is 17.3 Å². The molecule has 1 amide bonds. The first kappa shape index (κ1) is 14.2. The number of benzene rings is 1. The van der Waals surface area contributed by atoms with Gasteiger partial charge in [0.15, 0.2) is 0 Å². The molecule has 0 radical (unpaired) electrons. The lowest BCUT2D eigenvalue weighted by Crippen LogP contribution is -2.42. The zero-order valence-corrected chi connectivity index (χ0v) is 12.9. The van der Waals surface area contributed by atoms with E-state index in [0.29, 0.717) is 12.0 Å². The van der Waals surface area contributed by atoms with Crippen LogP contribution in [0.2, 0.25) is 0 Å². The van der Waals surface area contributed by atoms with Crippen LogP contribution < -0.4 is 16.0 Å². The molecule has 3 atom stereocenters. The van der Waals surface area contributed by atoms with E-state index in [4.69, 9.17) is 0 Å². The number of nitrogens with one attached hydrogen (secondary N) is 3. The van der Waals surface area contributed by atoms with Crippen LogP contribution >= 0.6 is 0 Å². The highest BCUT2D eigenvalue weighted by Gasteiger charge is 2.27. The molecule has 1 saturated carbocycles. The summed E-state index contributed by atoms with van der Waals surface area (Å²) in [6, 6.07) is 6.18. The average Bonchev–Trinajstić information content (AvgIpc) is 2.49. The minimum atomic E-state index is 0.0504. The van der Waals surface area contributed by atoms with Crippen molar-refractivity contribution in [3.8, 4) is 0 Å². The van der Waals surface area contributed by atoms with Crippen LogP contribution in [-0.2, 0) is 0 Å². The van der Waals surface area contributed by atoms with E-state index in [0.717, 1.165) is 42.4 Å². The maximum atomic E-state index is 12.6. The number of carbonyl (C=O) groups excluding carboxylic acids is 1. The molecule has 0 bridgehead atoms. The van der Waals surface area contributed by atoms with Crippen LogP contribution in [0, 0.1) is 11.8 Å². The largest absolute Gasteiger partial charge is 0.382 e. The molecule has 1 heterocycles. The second kappa shape index (κ2) is 5.96. The third kappa shape index (κ3) is 2.99. The number of anilines is 2. The monoisotopic (exact) mass is 287 g/mol. The maximum Gasteiger partial charge on any atom is 0.253 e. The normalized spacial score (nSPS) is 28.0. The third-order valence-electron chi connectivity index (χ3n) is 4.80. The average molecular weight is 287 g/mol. The van der Waals surface area contributed by atoms with Crippen LogP contribution in [0.15, 0.2) is 18.2 Å². The van der Waals surface area contributed by atoms with Crippen LogP contribution in [0.5, 0.6) is 0 Å². The van der Waals surface area contributed by atoms with E-state index in [-0.39, 0.29) is 5.91 Å². The van der Waals surface area contributed by atoms with Gasteiger partial charge in [0.05, 0.1) is 16.9 Å². The molecule has 2 aliphatic rings. The molecule has 3 rings (SSSR count). The molecule has 3 N–H and O–H groups in total. The van der Waals surface area contributed by atoms with Crippen molar-refractivity contribution in [2.75, 3.05) is 23.7 Å². The van der Waals surface area contributed by atoms with Crippen molar-refractivity contribution in [2.24, 2.45) is 11.8 Å². The van der Waals surface area contributed by atoms with Gasteiger partial charge in [-0.15, -0.1) is 0 Å². The fraction of sp³-hybridized carbons (Fsp3) is 0.588. The van der Waals surface area contributed by atoms with E-state index in [1.165, 1.54) is 12.8 Å². The van der Waals surface area contributed by atoms with Gasteiger partial charge in [0.2, 0.25) is 0 Å². The van der Waals surface area contributed by atoms with Gasteiger partial charge in [0, 0.05) is 19.1 Å². The summed E-state index contributed by atoms with van der Waals surface area (Å²) in [6.07, 6.45) is 3.51. The van der Waals surface area contributed by atoms with Gasteiger partial charge in [0.25, 0.3) is 5.91 Å². The smallest absolute Gasteiger partial charge is 0.253 e. The number of carbonyl (C=O) groups is 1. The van der Waals surface area contributed by atoms with E-state index >= 15 is 0 Å². The molecule has 4 heteroatoms. The summed E-state index contributed by atoms with van der Waals surface area (Å²) in [6.45, 7) is 6.31. The van der Waals surface area contributed by atoms with Crippen LogP contribution in [0.1, 0.15) is 43.5 Å². The predicted molar refractivity (Wildman–Crippen MR) is 86.9 cm³/mol. The maximum absolute atomic E-state index is 12.6. The fourth-order valence-corrected chi connectivity index (χ4v) is 3.59. The van der Waals surface area contributed by atoms with Crippen molar-refractivity contribution in [1.29, 1.82) is 0 Å². The molecule has 0 saturated heterocycles. The fourth-order valence-electron chi connectivity index (χ4n) is 3.59. The van der Waals surface area contributed by atoms with Crippen molar-refractivity contribution < 1.29 is 4.79 Å². The molecule has 1 aliphatic heterocycles. The lowest BCUT2D eigenvalue weighted by atomic mass is 9.80. The molecular weight excluding hydrogens is 262 g/mol. The number of hydrogen-bond acceptors (Lipinski definition) is 3. The third-order valence-corrected chi connectivity index (χ3v) is 4.80. The summed E-state index contributed by atoms with van der Waals surface area (Å²) >= 11 is 0. The zero-order chi connectivity index (χ0) is 14.8. The lowest BCUT2D eigenvalue weighted by Gasteiger charge is -2.33. The van der Waals surface area contributed by atoms with Crippen molar-refractivity contribution in [1.82, 2.24) is 5.32 Å². The van der Waals surface area contributed by atoms with Crippen molar-refractivity contribution in [3.05, 3.63) is 23.8 Å². The Morgan fingerprint density at radius 1 is 1.19 bits per heavy atom. The van der Waals surface area contributed by atoms with E-state index in [9.17, 15) is 4.79 Å². The Balaban J connectivity index is 1.74. The second-order valence-corrected chi connectivity index (χ2v) is 6.56. The van der Waals surface area contributed by atoms with Crippen molar-refractivity contribution in [2.45, 2.75) is 39.2 Å². The first-order valence-corrected chi connectivity index (χ1v) is 8.06. The Kier molecular flexibility index (Phi) is 4.04. The molecule has 114 valence electrons. The van der Waals surface area contributed by atoms with Gasteiger partial charge >= 0.3 is 0 Å². The standard InChI is InChI=1S/C17H25N3O/c1-11-6-7-14(12(2)10-11)20-17(21)13-4-3-5-15-16(13)19-9-8-18-15/h3-5,11-12,14,18-19H,6-10H2,1-2H3,(H,20,21). The summed E-state index contributed by atoms with van der Waals surface area (Å²) in [7, 11) is 0. The van der Waals surface area contributed by atoms with Crippen LogP contribution in [0.4, 0.5) is 11.4 Å². The van der Waals surface area contributed by atoms with E-state index < -0.39 is 0 Å². The van der Waals surface area contributed by atoms with Gasteiger partial charge in [-0.2, -0.15) is 0 Å². The molecule has 1 aromatic carbocycles. The Labute approximate surface area is 126 Å². The minimum Gasteiger partial charge on any atom is -0.382 e. The molecule has 3 unspecified atom stereocenters. The summed E-state index contributed by atoms with van der Waals surface area (Å²) in [5, 5.41) is 9.93. The first-order valence-electron chi connectivity index (χ1n) is 8.06. The van der Waals surface area contributed by atoms with Gasteiger partial charge in [-0.1, -0.05) is 19.9 Å². The number of rotatable bonds is 2. The number of fused-ring (bicyclic) bond motifs is 1. The molecule has 0 spiro atoms.